The Balaban J connectivity index is 1.77. The zero-order valence-corrected chi connectivity index (χ0v) is 19.4. The smallest absolute Gasteiger partial charge is 0.337 e. The fraction of sp³-hybridized carbons (Fsp3) is 0.333. The molecule has 4 rings (SSSR count). The first-order valence-corrected chi connectivity index (χ1v) is 10.7. The fourth-order valence-electron chi connectivity index (χ4n) is 3.83. The van der Waals surface area contributed by atoms with Crippen LogP contribution < -0.4 is 19.6 Å². The number of carbonyl (C=O) groups excluding carboxylic acids is 1. The number of esters is 1. The first kappa shape index (κ1) is 25.3. The third kappa shape index (κ3) is 4.42. The predicted molar refractivity (Wildman–Crippen MR) is 122 cm³/mol. The van der Waals surface area contributed by atoms with Gasteiger partial charge in [-0.3, -0.25) is 4.79 Å². The molecule has 36 heavy (non-hydrogen) atoms. The van der Waals surface area contributed by atoms with Gasteiger partial charge in [0.2, 0.25) is 12.0 Å². The summed E-state index contributed by atoms with van der Waals surface area (Å²) in [6, 6.07) is 9.14. The number of aliphatic hydroxyl groups excluding tert-OH is 3. The Morgan fingerprint density at radius 2 is 1.64 bits per heavy atom. The average molecular weight is 504 g/mol. The van der Waals surface area contributed by atoms with Crippen LogP contribution in [0.25, 0.3) is 22.3 Å². The second-order valence-electron chi connectivity index (χ2n) is 7.87. The van der Waals surface area contributed by atoms with Gasteiger partial charge in [-0.05, 0) is 24.3 Å². The zero-order chi connectivity index (χ0) is 26.1. The van der Waals surface area contributed by atoms with E-state index < -0.39 is 47.9 Å². The molecule has 0 aliphatic carbocycles. The van der Waals surface area contributed by atoms with Crippen LogP contribution in [0.5, 0.6) is 23.0 Å². The molecule has 5 atom stereocenters. The first-order valence-electron chi connectivity index (χ1n) is 10.7. The minimum absolute atomic E-state index is 0.0861. The van der Waals surface area contributed by atoms with Crippen LogP contribution in [0.15, 0.2) is 45.6 Å². The van der Waals surface area contributed by atoms with E-state index in [0.29, 0.717) is 11.3 Å². The van der Waals surface area contributed by atoms with Gasteiger partial charge in [0, 0.05) is 17.7 Å². The first-order chi connectivity index (χ1) is 17.2. The molecule has 0 bridgehead atoms. The summed E-state index contributed by atoms with van der Waals surface area (Å²) in [4.78, 5) is 24.8. The number of benzene rings is 2. The number of ether oxygens (including phenoxy) is 5. The molecule has 12 heteroatoms. The number of fused-ring (bicyclic) bond motifs is 1. The van der Waals surface area contributed by atoms with Crippen LogP contribution in [0.1, 0.15) is 0 Å². The molecule has 1 saturated heterocycles. The van der Waals surface area contributed by atoms with Gasteiger partial charge in [0.15, 0.2) is 23.0 Å². The number of hydrogen-bond acceptors (Lipinski definition) is 12. The topological polar surface area (TPSA) is 174 Å². The summed E-state index contributed by atoms with van der Waals surface area (Å²) >= 11 is 0. The molecule has 1 fully saturated rings. The number of carbonyl (C=O) groups is 1. The quantitative estimate of drug-likeness (QED) is 0.344. The SMILES string of the molecule is COC(=O)[C@H]1O[C@@H](Oc2cc3oc(-c4ccc(OC)cc4)cc(=O)c3c(O)c2OC)[C@H](O)[C@@H](O)[C@@H]1O. The Labute approximate surface area is 203 Å². The van der Waals surface area contributed by atoms with E-state index in [0.717, 1.165) is 7.11 Å². The van der Waals surface area contributed by atoms with Crippen LogP contribution in [0.4, 0.5) is 0 Å². The van der Waals surface area contributed by atoms with Gasteiger partial charge in [-0.1, -0.05) is 0 Å². The van der Waals surface area contributed by atoms with E-state index in [2.05, 4.69) is 4.74 Å². The van der Waals surface area contributed by atoms with Gasteiger partial charge in [-0.25, -0.2) is 4.79 Å². The summed E-state index contributed by atoms with van der Waals surface area (Å²) in [7, 11) is 3.77. The average Bonchev–Trinajstić information content (AvgIpc) is 2.88. The zero-order valence-electron chi connectivity index (χ0n) is 19.4. The summed E-state index contributed by atoms with van der Waals surface area (Å²) in [5.41, 5.74) is -0.101. The highest BCUT2D eigenvalue weighted by molar-refractivity contribution is 5.89. The Morgan fingerprint density at radius 1 is 0.944 bits per heavy atom. The third-order valence-electron chi connectivity index (χ3n) is 5.74. The summed E-state index contributed by atoms with van der Waals surface area (Å²) in [6.45, 7) is 0. The number of phenols is 1. The van der Waals surface area contributed by atoms with Crippen molar-refractivity contribution < 1.29 is 53.3 Å². The lowest BCUT2D eigenvalue weighted by Crippen LogP contribution is -2.61. The Bertz CT molecular complexity index is 1320. The maximum Gasteiger partial charge on any atom is 0.337 e. The Kier molecular flexibility index (Phi) is 7.04. The number of aliphatic hydroxyl groups is 3. The Morgan fingerprint density at radius 3 is 2.25 bits per heavy atom. The predicted octanol–water partition coefficient (Wildman–Crippen LogP) is 0.542. The van der Waals surface area contributed by atoms with Crippen molar-refractivity contribution in [2.75, 3.05) is 21.3 Å². The maximum atomic E-state index is 12.9. The van der Waals surface area contributed by atoms with Crippen LogP contribution in [0.2, 0.25) is 0 Å². The summed E-state index contributed by atoms with van der Waals surface area (Å²) in [6.07, 6.45) is -8.79. The van der Waals surface area contributed by atoms with E-state index in [1.165, 1.54) is 26.4 Å². The lowest BCUT2D eigenvalue weighted by molar-refractivity contribution is -0.272. The van der Waals surface area contributed by atoms with Gasteiger partial charge in [0.1, 0.15) is 40.8 Å². The highest BCUT2D eigenvalue weighted by Crippen LogP contribution is 2.43. The molecule has 0 radical (unpaired) electrons. The lowest BCUT2D eigenvalue weighted by atomic mass is 9.99. The van der Waals surface area contributed by atoms with Gasteiger partial charge in [-0.2, -0.15) is 0 Å². The molecule has 2 aromatic carbocycles. The fourth-order valence-corrected chi connectivity index (χ4v) is 3.83. The van der Waals surface area contributed by atoms with Crippen molar-refractivity contribution in [1.29, 1.82) is 0 Å². The summed E-state index contributed by atoms with van der Waals surface area (Å²) in [5, 5.41) is 41.2. The van der Waals surface area contributed by atoms with Crippen LogP contribution in [0.3, 0.4) is 0 Å². The highest BCUT2D eigenvalue weighted by Gasteiger charge is 2.48. The van der Waals surface area contributed by atoms with Crippen molar-refractivity contribution in [2.24, 2.45) is 0 Å². The minimum Gasteiger partial charge on any atom is -0.504 e. The van der Waals surface area contributed by atoms with Crippen molar-refractivity contribution in [3.63, 3.8) is 0 Å². The van der Waals surface area contributed by atoms with Crippen molar-refractivity contribution in [1.82, 2.24) is 0 Å². The van der Waals surface area contributed by atoms with Gasteiger partial charge in [0.05, 0.1) is 21.3 Å². The molecular weight excluding hydrogens is 480 g/mol. The molecule has 0 unspecified atom stereocenters. The van der Waals surface area contributed by atoms with Gasteiger partial charge < -0.3 is 48.5 Å². The van der Waals surface area contributed by atoms with Gasteiger partial charge in [-0.15, -0.1) is 0 Å². The van der Waals surface area contributed by atoms with E-state index in [4.69, 9.17) is 23.4 Å². The molecule has 0 amide bonds. The monoisotopic (exact) mass is 504 g/mol. The Hall–Kier alpha value is -3.84. The standard InChI is InChI=1S/C24H24O12/c1-31-11-6-4-10(5-7-11)13-8-12(25)16-14(34-13)9-15(21(32-2)17(16)26)35-24-20(29)18(27)19(28)22(36-24)23(30)33-3/h4-9,18-20,22,24,26-29H,1-3H3/t18-,19-,20+,22-,24+/m0/s1. The second-order valence-corrected chi connectivity index (χ2v) is 7.87. The largest absolute Gasteiger partial charge is 0.504 e. The number of methoxy groups -OCH3 is 3. The minimum atomic E-state index is -1.83. The number of hydrogen-bond donors (Lipinski definition) is 4. The molecule has 12 nitrogen and oxygen atoms in total. The molecule has 192 valence electrons. The molecule has 2 heterocycles. The van der Waals surface area contributed by atoms with E-state index in [9.17, 15) is 30.0 Å². The summed E-state index contributed by atoms with van der Waals surface area (Å²) < 4.78 is 31.7. The molecule has 1 aliphatic heterocycles. The van der Waals surface area contributed by atoms with E-state index in [1.807, 2.05) is 0 Å². The molecule has 1 aliphatic rings. The van der Waals surface area contributed by atoms with Crippen molar-refractivity contribution in [3.8, 4) is 34.3 Å². The molecular formula is C24H24O12. The molecule has 0 saturated carbocycles. The van der Waals surface area contributed by atoms with Crippen molar-refractivity contribution in [3.05, 3.63) is 46.6 Å². The molecule has 4 N–H and O–H groups in total. The van der Waals surface area contributed by atoms with Crippen molar-refractivity contribution >= 4 is 16.9 Å². The van der Waals surface area contributed by atoms with Gasteiger partial charge in [0.25, 0.3) is 0 Å². The number of aromatic hydroxyl groups is 1. The van der Waals surface area contributed by atoms with E-state index in [-0.39, 0.29) is 28.2 Å². The normalized spacial score (nSPS) is 23.8. The van der Waals surface area contributed by atoms with Crippen LogP contribution >= 0.6 is 0 Å². The highest BCUT2D eigenvalue weighted by atomic mass is 16.7. The summed E-state index contributed by atoms with van der Waals surface area (Å²) in [5.74, 6) is -1.36. The maximum absolute atomic E-state index is 12.9. The lowest BCUT2D eigenvalue weighted by Gasteiger charge is -2.38. The second kappa shape index (κ2) is 10.0. The van der Waals surface area contributed by atoms with Crippen molar-refractivity contribution in [2.45, 2.75) is 30.7 Å². The van der Waals surface area contributed by atoms with Gasteiger partial charge >= 0.3 is 5.97 Å². The molecule has 0 spiro atoms. The molecule has 1 aromatic heterocycles. The third-order valence-corrected chi connectivity index (χ3v) is 5.74. The van der Waals surface area contributed by atoms with Crippen LogP contribution in [-0.4, -0.2) is 78.4 Å². The number of rotatable bonds is 6. The number of phenolic OH excluding ortho intramolecular Hbond substituents is 1. The van der Waals surface area contributed by atoms with E-state index >= 15 is 0 Å². The molecule has 3 aromatic rings. The van der Waals surface area contributed by atoms with Crippen LogP contribution in [0, 0.1) is 0 Å². The van der Waals surface area contributed by atoms with E-state index in [1.54, 1.807) is 24.3 Å². The van der Waals surface area contributed by atoms with Crippen LogP contribution in [-0.2, 0) is 14.3 Å².